The maximum Gasteiger partial charge on any atom is 0.220 e. The summed E-state index contributed by atoms with van der Waals surface area (Å²) in [5, 5.41) is 6.47. The van der Waals surface area contributed by atoms with Gasteiger partial charge >= 0.3 is 0 Å². The van der Waals surface area contributed by atoms with Crippen molar-refractivity contribution in [1.29, 1.82) is 0 Å². The summed E-state index contributed by atoms with van der Waals surface area (Å²) in [5.41, 5.74) is 0. The number of hydrogen-bond acceptors (Lipinski definition) is 3. The zero-order chi connectivity index (χ0) is 14.3. The number of nitrogens with one attached hydrogen (secondary N) is 2. The van der Waals surface area contributed by atoms with E-state index in [1.54, 1.807) is 0 Å². The van der Waals surface area contributed by atoms with Crippen molar-refractivity contribution < 1.29 is 4.79 Å². The van der Waals surface area contributed by atoms with Gasteiger partial charge in [-0.25, -0.2) is 0 Å². The molecule has 4 nitrogen and oxygen atoms in total. The third-order valence-corrected chi connectivity index (χ3v) is 3.90. The zero-order valence-electron chi connectivity index (χ0n) is 13.0. The largest absolute Gasteiger partial charge is 0.355 e. The Morgan fingerprint density at radius 2 is 2.00 bits per heavy atom. The lowest BCUT2D eigenvalue weighted by molar-refractivity contribution is -0.121. The predicted octanol–water partition coefficient (Wildman–Crippen LogP) is 1.75. The van der Waals surface area contributed by atoms with Gasteiger partial charge in [0, 0.05) is 37.6 Å². The van der Waals surface area contributed by atoms with E-state index in [1.165, 1.54) is 12.8 Å². The van der Waals surface area contributed by atoms with E-state index >= 15 is 0 Å². The summed E-state index contributed by atoms with van der Waals surface area (Å²) < 4.78 is 0. The minimum atomic E-state index is 0.196. The van der Waals surface area contributed by atoms with E-state index in [1.807, 2.05) is 0 Å². The quantitative estimate of drug-likeness (QED) is 0.705. The Balaban J connectivity index is 2.11. The van der Waals surface area contributed by atoms with Gasteiger partial charge in [-0.1, -0.05) is 0 Å². The summed E-state index contributed by atoms with van der Waals surface area (Å²) in [4.78, 5) is 14.2. The van der Waals surface area contributed by atoms with Crippen LogP contribution in [-0.4, -0.2) is 48.6 Å². The predicted molar refractivity (Wildman–Crippen MR) is 80.2 cm³/mol. The van der Waals surface area contributed by atoms with Crippen LogP contribution in [0.25, 0.3) is 0 Å². The lowest BCUT2D eigenvalue weighted by Crippen LogP contribution is -2.42. The van der Waals surface area contributed by atoms with E-state index in [4.69, 9.17) is 0 Å². The third-order valence-electron chi connectivity index (χ3n) is 3.90. The normalized spacial score (nSPS) is 19.6. The Labute approximate surface area is 118 Å². The van der Waals surface area contributed by atoms with E-state index in [-0.39, 0.29) is 5.91 Å². The van der Waals surface area contributed by atoms with Gasteiger partial charge in [-0.05, 0) is 53.5 Å². The van der Waals surface area contributed by atoms with Gasteiger partial charge < -0.3 is 10.6 Å². The third kappa shape index (κ3) is 6.39. The van der Waals surface area contributed by atoms with Gasteiger partial charge in [-0.2, -0.15) is 0 Å². The number of nitrogens with zero attached hydrogens (tertiary/aromatic N) is 1. The zero-order valence-corrected chi connectivity index (χ0v) is 13.0. The summed E-state index contributed by atoms with van der Waals surface area (Å²) in [6.45, 7) is 11.6. The molecular formula is C15H31N3O. The fourth-order valence-electron chi connectivity index (χ4n) is 2.83. The summed E-state index contributed by atoms with van der Waals surface area (Å²) in [6, 6.07) is 1.62. The van der Waals surface area contributed by atoms with Crippen LogP contribution in [0.15, 0.2) is 0 Å². The molecule has 19 heavy (non-hydrogen) atoms. The standard InChI is InChI=1S/C15H31N3O/c1-12(2)18(13(3)4)11-10-17-15(19)8-7-14-6-5-9-16-14/h12-14,16H,5-11H2,1-4H3,(H,17,19). The average molecular weight is 269 g/mol. The van der Waals surface area contributed by atoms with Gasteiger partial charge in [0.25, 0.3) is 0 Å². The minimum absolute atomic E-state index is 0.196. The van der Waals surface area contributed by atoms with Gasteiger partial charge in [0.2, 0.25) is 5.91 Å². The minimum Gasteiger partial charge on any atom is -0.355 e. The molecule has 0 saturated carbocycles. The first kappa shape index (κ1) is 16.4. The van der Waals surface area contributed by atoms with Crippen LogP contribution in [0.2, 0.25) is 0 Å². The fraction of sp³-hybridized carbons (Fsp3) is 0.933. The van der Waals surface area contributed by atoms with Crippen LogP contribution in [0.5, 0.6) is 0 Å². The topological polar surface area (TPSA) is 44.4 Å². The Morgan fingerprint density at radius 3 is 2.53 bits per heavy atom. The SMILES string of the molecule is CC(C)N(CCNC(=O)CCC1CCCN1)C(C)C. The summed E-state index contributed by atoms with van der Waals surface area (Å²) in [7, 11) is 0. The first-order valence-corrected chi connectivity index (χ1v) is 7.76. The van der Waals surface area contributed by atoms with Crippen molar-refractivity contribution >= 4 is 5.91 Å². The number of carbonyl (C=O) groups excluding carboxylic acids is 1. The molecule has 4 heteroatoms. The van der Waals surface area contributed by atoms with Crippen molar-refractivity contribution in [2.45, 2.75) is 71.5 Å². The highest BCUT2D eigenvalue weighted by Gasteiger charge is 2.16. The van der Waals surface area contributed by atoms with Crippen molar-refractivity contribution in [3.05, 3.63) is 0 Å². The molecule has 1 heterocycles. The molecule has 0 spiro atoms. The number of hydrogen-bond donors (Lipinski definition) is 2. The molecule has 1 unspecified atom stereocenters. The molecule has 1 amide bonds. The molecule has 0 radical (unpaired) electrons. The first-order chi connectivity index (χ1) is 9.00. The number of carbonyl (C=O) groups is 1. The molecule has 2 N–H and O–H groups in total. The van der Waals surface area contributed by atoms with Crippen LogP contribution in [0, 0.1) is 0 Å². The molecule has 0 aromatic heterocycles. The van der Waals surface area contributed by atoms with Gasteiger partial charge in [0.05, 0.1) is 0 Å². The molecule has 0 aliphatic carbocycles. The molecule has 0 bridgehead atoms. The van der Waals surface area contributed by atoms with Crippen LogP contribution >= 0.6 is 0 Å². The Bertz CT molecular complexity index is 252. The molecule has 0 aromatic carbocycles. The van der Waals surface area contributed by atoms with E-state index in [2.05, 4.69) is 43.2 Å². The molecule has 1 aliphatic rings. The molecule has 1 rings (SSSR count). The van der Waals surface area contributed by atoms with Crippen molar-refractivity contribution in [3.63, 3.8) is 0 Å². The second kappa shape index (κ2) is 8.54. The van der Waals surface area contributed by atoms with Gasteiger partial charge in [0.1, 0.15) is 0 Å². The molecule has 1 fully saturated rings. The average Bonchev–Trinajstić information content (AvgIpc) is 2.84. The lowest BCUT2D eigenvalue weighted by Gasteiger charge is -2.30. The van der Waals surface area contributed by atoms with E-state index in [0.29, 0.717) is 24.5 Å². The molecule has 1 saturated heterocycles. The van der Waals surface area contributed by atoms with E-state index < -0.39 is 0 Å². The maximum absolute atomic E-state index is 11.8. The van der Waals surface area contributed by atoms with Crippen LogP contribution < -0.4 is 10.6 Å². The summed E-state index contributed by atoms with van der Waals surface area (Å²) in [5.74, 6) is 0.196. The Hall–Kier alpha value is -0.610. The molecule has 0 aromatic rings. The van der Waals surface area contributed by atoms with E-state index in [9.17, 15) is 4.79 Å². The van der Waals surface area contributed by atoms with Gasteiger partial charge in [-0.3, -0.25) is 9.69 Å². The van der Waals surface area contributed by atoms with Crippen molar-refractivity contribution in [2.75, 3.05) is 19.6 Å². The highest BCUT2D eigenvalue weighted by atomic mass is 16.1. The summed E-state index contributed by atoms with van der Waals surface area (Å²) >= 11 is 0. The molecule has 1 atom stereocenters. The van der Waals surface area contributed by atoms with Crippen LogP contribution in [0.4, 0.5) is 0 Å². The Kier molecular flexibility index (Phi) is 7.39. The highest BCUT2D eigenvalue weighted by Crippen LogP contribution is 2.10. The number of amides is 1. The van der Waals surface area contributed by atoms with Crippen molar-refractivity contribution in [3.8, 4) is 0 Å². The summed E-state index contributed by atoms with van der Waals surface area (Å²) in [6.07, 6.45) is 4.11. The van der Waals surface area contributed by atoms with Gasteiger partial charge in [0.15, 0.2) is 0 Å². The van der Waals surface area contributed by atoms with Crippen molar-refractivity contribution in [2.24, 2.45) is 0 Å². The van der Waals surface area contributed by atoms with Crippen molar-refractivity contribution in [1.82, 2.24) is 15.5 Å². The molecule has 1 aliphatic heterocycles. The second-order valence-corrected chi connectivity index (χ2v) is 6.11. The Morgan fingerprint density at radius 1 is 1.32 bits per heavy atom. The lowest BCUT2D eigenvalue weighted by atomic mass is 10.1. The first-order valence-electron chi connectivity index (χ1n) is 7.76. The van der Waals surface area contributed by atoms with E-state index in [0.717, 1.165) is 26.1 Å². The smallest absolute Gasteiger partial charge is 0.220 e. The number of rotatable bonds is 8. The maximum atomic E-state index is 11.8. The van der Waals surface area contributed by atoms with Crippen LogP contribution in [0.3, 0.4) is 0 Å². The monoisotopic (exact) mass is 269 g/mol. The van der Waals surface area contributed by atoms with Gasteiger partial charge in [-0.15, -0.1) is 0 Å². The molecular weight excluding hydrogens is 238 g/mol. The fourth-order valence-corrected chi connectivity index (χ4v) is 2.83. The van der Waals surface area contributed by atoms with Crippen LogP contribution in [0.1, 0.15) is 53.4 Å². The van der Waals surface area contributed by atoms with Crippen LogP contribution in [-0.2, 0) is 4.79 Å². The highest BCUT2D eigenvalue weighted by molar-refractivity contribution is 5.75. The second-order valence-electron chi connectivity index (χ2n) is 6.11. The molecule has 112 valence electrons.